The zero-order valence-electron chi connectivity index (χ0n) is 9.55. The van der Waals surface area contributed by atoms with Gasteiger partial charge in [-0.1, -0.05) is 0 Å². The Morgan fingerprint density at radius 2 is 2.06 bits per heavy atom. The summed E-state index contributed by atoms with van der Waals surface area (Å²) < 4.78 is 45.6. The molecule has 1 aromatic rings. The second-order valence-corrected chi connectivity index (χ2v) is 4.19. The highest BCUT2D eigenvalue weighted by atomic mass is 32.1. The quantitative estimate of drug-likeness (QED) is 0.828. The summed E-state index contributed by atoms with van der Waals surface area (Å²) in [6.45, 7) is -1.25. The number of thiophene rings is 1. The van der Waals surface area contributed by atoms with E-state index in [0.717, 1.165) is 18.4 Å². The molecule has 18 heavy (non-hydrogen) atoms. The van der Waals surface area contributed by atoms with Crippen molar-refractivity contribution in [1.29, 1.82) is 0 Å². The maximum Gasteiger partial charge on any atom is 0.405 e. The van der Waals surface area contributed by atoms with Gasteiger partial charge in [-0.15, -0.1) is 11.3 Å². The Labute approximate surface area is 105 Å². The molecule has 0 fully saturated rings. The Morgan fingerprint density at radius 3 is 2.50 bits per heavy atom. The standard InChI is InChI=1S/C9H11F3N2O3S/c1-16-5-4(13)6(8(15)17-2)18-7(5)14-3-9(10,11)12/h14H,3,13H2,1-2H3. The van der Waals surface area contributed by atoms with Crippen LogP contribution in [0.25, 0.3) is 0 Å². The van der Waals surface area contributed by atoms with Crippen LogP contribution in [0.1, 0.15) is 9.67 Å². The van der Waals surface area contributed by atoms with Gasteiger partial charge in [0.1, 0.15) is 22.1 Å². The van der Waals surface area contributed by atoms with Crippen LogP contribution in [-0.2, 0) is 4.74 Å². The average Bonchev–Trinajstić information content (AvgIpc) is 2.61. The van der Waals surface area contributed by atoms with Crippen molar-refractivity contribution in [2.75, 3.05) is 31.8 Å². The number of hydrogen-bond donors (Lipinski definition) is 2. The van der Waals surface area contributed by atoms with Crippen molar-refractivity contribution in [3.8, 4) is 5.75 Å². The molecule has 0 bridgehead atoms. The lowest BCUT2D eigenvalue weighted by Gasteiger charge is -2.09. The molecule has 0 saturated carbocycles. The molecule has 0 aromatic carbocycles. The molecule has 0 atom stereocenters. The third-order valence-electron chi connectivity index (χ3n) is 1.92. The monoisotopic (exact) mass is 284 g/mol. The molecule has 3 N–H and O–H groups in total. The number of carbonyl (C=O) groups excluding carboxylic acids is 1. The van der Waals surface area contributed by atoms with Gasteiger partial charge in [0.15, 0.2) is 5.75 Å². The van der Waals surface area contributed by atoms with E-state index >= 15 is 0 Å². The van der Waals surface area contributed by atoms with E-state index in [1.54, 1.807) is 0 Å². The zero-order valence-corrected chi connectivity index (χ0v) is 10.4. The van der Waals surface area contributed by atoms with Crippen LogP contribution in [-0.4, -0.2) is 32.9 Å². The van der Waals surface area contributed by atoms with Crippen molar-refractivity contribution >= 4 is 28.0 Å². The Kier molecular flexibility index (Phi) is 4.28. The molecule has 9 heteroatoms. The summed E-state index contributed by atoms with van der Waals surface area (Å²) in [5.41, 5.74) is 5.55. The summed E-state index contributed by atoms with van der Waals surface area (Å²) in [7, 11) is 2.40. The van der Waals surface area contributed by atoms with Crippen molar-refractivity contribution in [2.24, 2.45) is 0 Å². The van der Waals surface area contributed by atoms with E-state index in [1.807, 2.05) is 0 Å². The fourth-order valence-electron chi connectivity index (χ4n) is 1.17. The second-order valence-electron chi connectivity index (χ2n) is 3.17. The van der Waals surface area contributed by atoms with E-state index in [-0.39, 0.29) is 21.3 Å². The van der Waals surface area contributed by atoms with Crippen LogP contribution in [0.4, 0.5) is 23.9 Å². The number of hydrogen-bond acceptors (Lipinski definition) is 6. The van der Waals surface area contributed by atoms with Crippen molar-refractivity contribution in [3.05, 3.63) is 4.88 Å². The van der Waals surface area contributed by atoms with Gasteiger partial charge >= 0.3 is 12.1 Å². The van der Waals surface area contributed by atoms with Gasteiger partial charge in [0.2, 0.25) is 0 Å². The normalized spacial score (nSPS) is 11.2. The molecule has 0 amide bonds. The molecule has 0 spiro atoms. The lowest BCUT2D eigenvalue weighted by atomic mass is 10.3. The Hall–Kier alpha value is -1.64. The van der Waals surface area contributed by atoms with E-state index in [0.29, 0.717) is 0 Å². The van der Waals surface area contributed by atoms with Crippen LogP contribution >= 0.6 is 11.3 Å². The fraction of sp³-hybridized carbons (Fsp3) is 0.444. The highest BCUT2D eigenvalue weighted by molar-refractivity contribution is 7.19. The van der Waals surface area contributed by atoms with Crippen LogP contribution in [0.3, 0.4) is 0 Å². The number of methoxy groups -OCH3 is 2. The summed E-state index contributed by atoms with van der Waals surface area (Å²) in [5.74, 6) is -0.722. The molecular formula is C9H11F3N2O3S. The largest absolute Gasteiger partial charge is 0.492 e. The minimum Gasteiger partial charge on any atom is -0.492 e. The van der Waals surface area contributed by atoms with E-state index in [9.17, 15) is 18.0 Å². The Balaban J connectivity index is 3.01. The highest BCUT2D eigenvalue weighted by Gasteiger charge is 2.29. The summed E-state index contributed by atoms with van der Waals surface area (Å²) in [5, 5.41) is 2.16. The van der Waals surface area contributed by atoms with Gasteiger partial charge in [0, 0.05) is 0 Å². The first-order valence-corrected chi connectivity index (χ1v) is 5.47. The SMILES string of the molecule is COC(=O)c1sc(NCC(F)(F)F)c(OC)c1N. The molecular weight excluding hydrogens is 273 g/mol. The first-order valence-electron chi connectivity index (χ1n) is 4.65. The van der Waals surface area contributed by atoms with Gasteiger partial charge in [-0.05, 0) is 0 Å². The van der Waals surface area contributed by atoms with Crippen molar-refractivity contribution in [1.82, 2.24) is 0 Å². The lowest BCUT2D eigenvalue weighted by molar-refractivity contribution is -0.115. The van der Waals surface area contributed by atoms with Gasteiger partial charge < -0.3 is 20.5 Å². The molecule has 1 heterocycles. The number of esters is 1. The molecule has 0 aliphatic carbocycles. The number of anilines is 2. The minimum atomic E-state index is -4.38. The number of rotatable bonds is 4. The summed E-state index contributed by atoms with van der Waals surface area (Å²) in [6, 6.07) is 0. The molecule has 1 aromatic heterocycles. The number of nitrogen functional groups attached to an aromatic ring is 1. The number of ether oxygens (including phenoxy) is 2. The van der Waals surface area contributed by atoms with Crippen molar-refractivity contribution < 1.29 is 27.4 Å². The molecule has 0 aliphatic heterocycles. The first-order chi connectivity index (χ1) is 8.30. The van der Waals surface area contributed by atoms with Gasteiger partial charge in [0.05, 0.1) is 14.2 Å². The zero-order chi connectivity index (χ0) is 13.9. The van der Waals surface area contributed by atoms with Gasteiger partial charge in [-0.2, -0.15) is 13.2 Å². The first kappa shape index (κ1) is 14.4. The van der Waals surface area contributed by atoms with Gasteiger partial charge in [-0.25, -0.2) is 4.79 Å². The Bertz CT molecular complexity index is 445. The fourth-order valence-corrected chi connectivity index (χ4v) is 2.18. The van der Waals surface area contributed by atoms with Crippen LogP contribution in [0.15, 0.2) is 0 Å². The maximum absolute atomic E-state index is 12.1. The van der Waals surface area contributed by atoms with Gasteiger partial charge in [0.25, 0.3) is 0 Å². The maximum atomic E-state index is 12.1. The Morgan fingerprint density at radius 1 is 1.44 bits per heavy atom. The van der Waals surface area contributed by atoms with E-state index in [1.165, 1.54) is 7.11 Å². The molecule has 5 nitrogen and oxygen atoms in total. The molecule has 0 unspecified atom stereocenters. The average molecular weight is 284 g/mol. The molecule has 0 radical (unpaired) electrons. The van der Waals surface area contributed by atoms with Crippen molar-refractivity contribution in [3.63, 3.8) is 0 Å². The van der Waals surface area contributed by atoms with Gasteiger partial charge in [-0.3, -0.25) is 0 Å². The smallest absolute Gasteiger partial charge is 0.405 e. The predicted molar refractivity (Wildman–Crippen MR) is 61.2 cm³/mol. The number of alkyl halides is 3. The minimum absolute atomic E-state index is 0.000903. The third kappa shape index (κ3) is 3.19. The molecule has 0 aliphatic rings. The van der Waals surface area contributed by atoms with Crippen molar-refractivity contribution in [2.45, 2.75) is 6.18 Å². The highest BCUT2D eigenvalue weighted by Crippen LogP contribution is 2.43. The summed E-state index contributed by atoms with van der Waals surface area (Å²) >= 11 is 0.748. The number of nitrogens with two attached hydrogens (primary N) is 1. The predicted octanol–water partition coefficient (Wildman–Crippen LogP) is 2.10. The summed E-state index contributed by atoms with van der Waals surface area (Å²) in [4.78, 5) is 11.3. The second kappa shape index (κ2) is 5.34. The number of nitrogens with one attached hydrogen (secondary N) is 1. The van der Waals surface area contributed by atoms with Crippen LogP contribution in [0.2, 0.25) is 0 Å². The molecule has 102 valence electrons. The molecule has 1 rings (SSSR count). The number of carbonyl (C=O) groups is 1. The third-order valence-corrected chi connectivity index (χ3v) is 3.05. The van der Waals surface area contributed by atoms with Crippen LogP contribution in [0.5, 0.6) is 5.75 Å². The summed E-state index contributed by atoms with van der Waals surface area (Å²) in [6.07, 6.45) is -4.38. The van der Waals surface area contributed by atoms with E-state index in [4.69, 9.17) is 10.5 Å². The van der Waals surface area contributed by atoms with E-state index < -0.39 is 18.7 Å². The number of halogens is 3. The topological polar surface area (TPSA) is 73.6 Å². The molecule has 0 saturated heterocycles. The lowest BCUT2D eigenvalue weighted by Crippen LogP contribution is -2.21. The van der Waals surface area contributed by atoms with E-state index in [2.05, 4.69) is 10.1 Å². The van der Waals surface area contributed by atoms with Crippen LogP contribution in [0, 0.1) is 0 Å². The van der Waals surface area contributed by atoms with Crippen LogP contribution < -0.4 is 15.8 Å².